The lowest BCUT2D eigenvalue weighted by Crippen LogP contribution is -2.04. The number of benzene rings is 1. The lowest BCUT2D eigenvalue weighted by Gasteiger charge is -2.11. The van der Waals surface area contributed by atoms with Crippen LogP contribution in [-0.4, -0.2) is 19.9 Å². The lowest BCUT2D eigenvalue weighted by atomic mass is 10.2. The van der Waals surface area contributed by atoms with Crippen LogP contribution in [0.15, 0.2) is 45.7 Å². The standard InChI is InChI=1S/C19H18N6O2/c1-10-6-12(3)21-16(7-10)24-18-20-9-11(2)17(25-18)22-13-4-5-15-14(8-13)23-19(26)27-15/h4-9H,1-3H3,(H,23,26)(H2,20,21,22,24,25). The van der Waals surface area contributed by atoms with E-state index in [2.05, 4.69) is 30.6 Å². The van der Waals surface area contributed by atoms with Crippen LogP contribution in [0.2, 0.25) is 0 Å². The second-order valence-corrected chi connectivity index (χ2v) is 6.37. The molecule has 3 aromatic heterocycles. The topological polar surface area (TPSA) is 109 Å². The average Bonchev–Trinajstić information content (AvgIpc) is 2.96. The molecule has 8 nitrogen and oxygen atoms in total. The number of fused-ring (bicyclic) bond motifs is 1. The van der Waals surface area contributed by atoms with Crippen molar-refractivity contribution in [1.29, 1.82) is 0 Å². The van der Waals surface area contributed by atoms with Crippen LogP contribution >= 0.6 is 0 Å². The molecule has 0 radical (unpaired) electrons. The second-order valence-electron chi connectivity index (χ2n) is 6.37. The summed E-state index contributed by atoms with van der Waals surface area (Å²) in [6, 6.07) is 9.28. The minimum Gasteiger partial charge on any atom is -0.408 e. The molecule has 0 bridgehead atoms. The first-order chi connectivity index (χ1) is 13.0. The molecule has 0 fully saturated rings. The Morgan fingerprint density at radius 3 is 2.70 bits per heavy atom. The van der Waals surface area contributed by atoms with Gasteiger partial charge in [-0.25, -0.2) is 14.8 Å². The zero-order chi connectivity index (χ0) is 19.0. The molecule has 27 heavy (non-hydrogen) atoms. The molecule has 0 unspecified atom stereocenters. The number of aromatic amines is 1. The Labute approximate surface area is 154 Å². The monoisotopic (exact) mass is 362 g/mol. The van der Waals surface area contributed by atoms with Gasteiger partial charge in [-0.15, -0.1) is 0 Å². The SMILES string of the molecule is Cc1cc(C)nc(Nc2ncc(C)c(Nc3ccc4oc(=O)[nH]c4c3)n2)c1. The van der Waals surface area contributed by atoms with Crippen molar-refractivity contribution in [1.82, 2.24) is 19.9 Å². The van der Waals surface area contributed by atoms with E-state index in [1.807, 2.05) is 39.0 Å². The normalized spacial score (nSPS) is 10.9. The van der Waals surface area contributed by atoms with Crippen LogP contribution in [0.1, 0.15) is 16.8 Å². The summed E-state index contributed by atoms with van der Waals surface area (Å²) in [4.78, 5) is 27.2. The zero-order valence-electron chi connectivity index (χ0n) is 15.1. The number of rotatable bonds is 4. The van der Waals surface area contributed by atoms with Gasteiger partial charge >= 0.3 is 5.76 Å². The minimum absolute atomic E-state index is 0.443. The Morgan fingerprint density at radius 2 is 1.89 bits per heavy atom. The van der Waals surface area contributed by atoms with E-state index in [1.165, 1.54) is 0 Å². The molecule has 3 heterocycles. The summed E-state index contributed by atoms with van der Waals surface area (Å²) in [5, 5.41) is 6.38. The highest BCUT2D eigenvalue weighted by molar-refractivity contribution is 5.78. The molecule has 3 N–H and O–H groups in total. The Morgan fingerprint density at radius 1 is 1.04 bits per heavy atom. The number of H-pyrrole nitrogens is 1. The van der Waals surface area contributed by atoms with Crippen LogP contribution < -0.4 is 16.4 Å². The minimum atomic E-state index is -0.479. The third kappa shape index (κ3) is 3.64. The number of aromatic nitrogens is 4. The molecule has 136 valence electrons. The molecule has 0 saturated heterocycles. The number of hydrogen-bond donors (Lipinski definition) is 3. The molecular formula is C19H18N6O2. The Balaban J connectivity index is 1.62. The summed E-state index contributed by atoms with van der Waals surface area (Å²) in [5.41, 5.74) is 4.82. The Kier molecular flexibility index (Phi) is 4.08. The van der Waals surface area contributed by atoms with Gasteiger partial charge in [0.15, 0.2) is 5.58 Å². The van der Waals surface area contributed by atoms with Crippen molar-refractivity contribution in [2.45, 2.75) is 20.8 Å². The number of hydrogen-bond acceptors (Lipinski definition) is 7. The first-order valence-electron chi connectivity index (χ1n) is 8.42. The van der Waals surface area contributed by atoms with Crippen LogP contribution in [0.4, 0.5) is 23.3 Å². The molecule has 0 aliphatic rings. The molecule has 0 aliphatic carbocycles. The van der Waals surface area contributed by atoms with Crippen LogP contribution in [0.25, 0.3) is 11.1 Å². The predicted molar refractivity (Wildman–Crippen MR) is 104 cm³/mol. The summed E-state index contributed by atoms with van der Waals surface area (Å²) in [7, 11) is 0. The van der Waals surface area contributed by atoms with Gasteiger partial charge < -0.3 is 15.1 Å². The van der Waals surface area contributed by atoms with Gasteiger partial charge in [-0.05, 0) is 56.7 Å². The number of aryl methyl sites for hydroxylation is 3. The highest BCUT2D eigenvalue weighted by Gasteiger charge is 2.08. The van der Waals surface area contributed by atoms with Gasteiger partial charge in [-0.3, -0.25) is 4.98 Å². The summed E-state index contributed by atoms with van der Waals surface area (Å²) < 4.78 is 5.02. The number of nitrogens with one attached hydrogen (secondary N) is 3. The van der Waals surface area contributed by atoms with Crippen molar-refractivity contribution in [3.05, 3.63) is 63.9 Å². The lowest BCUT2D eigenvalue weighted by molar-refractivity contribution is 0.555. The van der Waals surface area contributed by atoms with Gasteiger partial charge in [0.05, 0.1) is 5.52 Å². The molecular weight excluding hydrogens is 344 g/mol. The summed E-state index contributed by atoms with van der Waals surface area (Å²) in [5.74, 6) is 1.31. The quantitative estimate of drug-likeness (QED) is 0.507. The van der Waals surface area contributed by atoms with Crippen LogP contribution in [0.3, 0.4) is 0 Å². The molecule has 0 spiro atoms. The van der Waals surface area contributed by atoms with E-state index in [-0.39, 0.29) is 0 Å². The van der Waals surface area contributed by atoms with Gasteiger partial charge in [0.1, 0.15) is 11.6 Å². The molecule has 8 heteroatoms. The zero-order valence-corrected chi connectivity index (χ0v) is 15.1. The van der Waals surface area contributed by atoms with E-state index in [0.717, 1.165) is 22.5 Å². The van der Waals surface area contributed by atoms with E-state index in [0.29, 0.717) is 28.7 Å². The molecule has 4 rings (SSSR count). The maximum Gasteiger partial charge on any atom is 0.417 e. The fourth-order valence-corrected chi connectivity index (χ4v) is 2.82. The van der Waals surface area contributed by atoms with Crippen LogP contribution in [-0.2, 0) is 0 Å². The van der Waals surface area contributed by atoms with Crippen molar-refractivity contribution in [3.63, 3.8) is 0 Å². The number of anilines is 4. The third-order valence-corrected chi connectivity index (χ3v) is 3.99. The Hall–Kier alpha value is -3.68. The fourth-order valence-electron chi connectivity index (χ4n) is 2.82. The van der Waals surface area contributed by atoms with Gasteiger partial charge in [-0.1, -0.05) is 0 Å². The smallest absolute Gasteiger partial charge is 0.408 e. The van der Waals surface area contributed by atoms with E-state index in [9.17, 15) is 4.79 Å². The summed E-state index contributed by atoms with van der Waals surface area (Å²) in [6.45, 7) is 5.87. The molecule has 0 atom stereocenters. The molecule has 1 aromatic carbocycles. The van der Waals surface area contributed by atoms with Crippen molar-refractivity contribution < 1.29 is 4.42 Å². The van der Waals surface area contributed by atoms with Crippen LogP contribution in [0, 0.1) is 20.8 Å². The molecule has 0 saturated carbocycles. The van der Waals surface area contributed by atoms with Crippen LogP contribution in [0.5, 0.6) is 0 Å². The van der Waals surface area contributed by atoms with Gasteiger partial charge in [0.2, 0.25) is 5.95 Å². The first kappa shape index (κ1) is 16.8. The first-order valence-corrected chi connectivity index (χ1v) is 8.42. The molecule has 0 aliphatic heterocycles. The van der Waals surface area contributed by atoms with E-state index in [4.69, 9.17) is 4.42 Å². The van der Waals surface area contributed by atoms with E-state index < -0.39 is 5.76 Å². The second kappa shape index (κ2) is 6.56. The highest BCUT2D eigenvalue weighted by Crippen LogP contribution is 2.23. The van der Waals surface area contributed by atoms with Crippen molar-refractivity contribution >= 4 is 34.4 Å². The predicted octanol–water partition coefficient (Wildman–Crippen LogP) is 3.72. The summed E-state index contributed by atoms with van der Waals surface area (Å²) in [6.07, 6.45) is 1.73. The largest absolute Gasteiger partial charge is 0.417 e. The maximum absolute atomic E-state index is 11.3. The van der Waals surface area contributed by atoms with Gasteiger partial charge in [-0.2, -0.15) is 4.98 Å². The average molecular weight is 362 g/mol. The number of pyridine rings is 1. The Bertz CT molecular complexity index is 1170. The van der Waals surface area contributed by atoms with Crippen molar-refractivity contribution in [2.75, 3.05) is 10.6 Å². The maximum atomic E-state index is 11.3. The third-order valence-electron chi connectivity index (χ3n) is 3.99. The van der Waals surface area contributed by atoms with E-state index in [1.54, 1.807) is 18.3 Å². The van der Waals surface area contributed by atoms with E-state index >= 15 is 0 Å². The highest BCUT2D eigenvalue weighted by atomic mass is 16.4. The van der Waals surface area contributed by atoms with Gasteiger partial charge in [0, 0.05) is 23.1 Å². The summed E-state index contributed by atoms with van der Waals surface area (Å²) >= 11 is 0. The van der Waals surface area contributed by atoms with Crippen molar-refractivity contribution in [2.24, 2.45) is 0 Å². The molecule has 4 aromatic rings. The number of oxazole rings is 1. The van der Waals surface area contributed by atoms with Crippen molar-refractivity contribution in [3.8, 4) is 0 Å². The fraction of sp³-hybridized carbons (Fsp3) is 0.158. The number of nitrogens with zero attached hydrogens (tertiary/aromatic N) is 3. The van der Waals surface area contributed by atoms with Gasteiger partial charge in [0.25, 0.3) is 0 Å². The molecule has 0 amide bonds.